The van der Waals surface area contributed by atoms with Crippen molar-refractivity contribution >= 4 is 17.5 Å². The number of ether oxygens (including phenoxy) is 1. The molecule has 8 nitrogen and oxygen atoms in total. The molecule has 0 radical (unpaired) electrons. The summed E-state index contributed by atoms with van der Waals surface area (Å²) in [4.78, 5) is 32.8. The summed E-state index contributed by atoms with van der Waals surface area (Å²) >= 11 is 0. The van der Waals surface area contributed by atoms with Crippen LogP contribution in [0, 0.1) is 13.8 Å². The third kappa shape index (κ3) is 4.14. The zero-order chi connectivity index (χ0) is 22.0. The molecule has 2 heterocycles. The van der Waals surface area contributed by atoms with Gasteiger partial charge in [0, 0.05) is 18.7 Å². The van der Waals surface area contributed by atoms with Crippen molar-refractivity contribution in [3.05, 3.63) is 59.5 Å². The van der Waals surface area contributed by atoms with Crippen LogP contribution in [0.1, 0.15) is 23.9 Å². The summed E-state index contributed by atoms with van der Waals surface area (Å²) in [5.74, 6) is 0.115. The lowest BCUT2D eigenvalue weighted by atomic mass is 10.1. The van der Waals surface area contributed by atoms with Crippen LogP contribution in [0.4, 0.5) is 5.69 Å². The lowest BCUT2D eigenvalue weighted by Crippen LogP contribution is -2.54. The van der Waals surface area contributed by atoms with E-state index in [4.69, 9.17) is 9.26 Å². The minimum Gasteiger partial charge on any atom is -0.492 e. The molecule has 0 N–H and O–H groups in total. The zero-order valence-electron chi connectivity index (χ0n) is 17.8. The minimum atomic E-state index is -0.608. The highest BCUT2D eigenvalue weighted by Crippen LogP contribution is 2.30. The van der Waals surface area contributed by atoms with Gasteiger partial charge in [0.1, 0.15) is 12.3 Å². The molecule has 4 rings (SSSR count). The molecule has 1 fully saturated rings. The Balaban J connectivity index is 1.47. The van der Waals surface area contributed by atoms with E-state index in [1.165, 1.54) is 15.4 Å². The number of aromatic nitrogens is 2. The largest absolute Gasteiger partial charge is 0.492 e. The van der Waals surface area contributed by atoms with Gasteiger partial charge in [0.25, 0.3) is 0 Å². The van der Waals surface area contributed by atoms with Crippen LogP contribution in [0.5, 0.6) is 5.75 Å². The molecule has 1 aliphatic heterocycles. The maximum absolute atomic E-state index is 12.8. The monoisotopic (exact) mass is 420 g/mol. The Labute approximate surface area is 180 Å². The number of rotatable bonds is 6. The maximum atomic E-state index is 12.8. The summed E-state index contributed by atoms with van der Waals surface area (Å²) in [5, 5.41) is 4.03. The molecule has 1 aliphatic rings. The predicted molar refractivity (Wildman–Crippen MR) is 115 cm³/mol. The number of benzene rings is 2. The Kier molecular flexibility index (Phi) is 5.70. The van der Waals surface area contributed by atoms with Crippen LogP contribution in [0.15, 0.2) is 47.0 Å². The Bertz CT molecular complexity index is 1120. The van der Waals surface area contributed by atoms with Crippen LogP contribution >= 0.6 is 0 Å². The summed E-state index contributed by atoms with van der Waals surface area (Å²) in [6, 6.07) is 13.1. The molecule has 0 bridgehead atoms. The second-order valence-electron chi connectivity index (χ2n) is 7.39. The Morgan fingerprint density at radius 1 is 1.03 bits per heavy atom. The lowest BCUT2D eigenvalue weighted by Gasteiger charge is -2.33. The van der Waals surface area contributed by atoms with Gasteiger partial charge in [-0.15, -0.1) is 0 Å². The highest BCUT2D eigenvalue weighted by atomic mass is 16.5. The average Bonchev–Trinajstić information content (AvgIpc) is 3.23. The lowest BCUT2D eigenvalue weighted by molar-refractivity contribution is -0.146. The van der Waals surface area contributed by atoms with Crippen molar-refractivity contribution in [3.63, 3.8) is 0 Å². The minimum absolute atomic E-state index is 0.0867. The van der Waals surface area contributed by atoms with E-state index in [1.54, 1.807) is 12.1 Å². The van der Waals surface area contributed by atoms with E-state index in [1.807, 2.05) is 51.1 Å². The molecule has 0 atom stereocenters. The second-order valence-corrected chi connectivity index (χ2v) is 7.39. The van der Waals surface area contributed by atoms with E-state index >= 15 is 0 Å². The Hall–Kier alpha value is -3.68. The van der Waals surface area contributed by atoms with Crippen LogP contribution in [-0.4, -0.2) is 46.6 Å². The number of aryl methyl sites for hydroxylation is 2. The van der Waals surface area contributed by atoms with Gasteiger partial charge in [0.15, 0.2) is 0 Å². The van der Waals surface area contributed by atoms with E-state index in [9.17, 15) is 9.59 Å². The molecule has 160 valence electrons. The van der Waals surface area contributed by atoms with Gasteiger partial charge in [0.05, 0.1) is 12.3 Å². The van der Waals surface area contributed by atoms with Crippen LogP contribution in [0.3, 0.4) is 0 Å². The number of piperazine rings is 1. The van der Waals surface area contributed by atoms with Gasteiger partial charge in [0.2, 0.25) is 11.7 Å². The van der Waals surface area contributed by atoms with Crippen molar-refractivity contribution in [3.8, 4) is 17.1 Å². The molecule has 31 heavy (non-hydrogen) atoms. The smallest absolute Gasteiger partial charge is 0.316 e. The van der Waals surface area contributed by atoms with Gasteiger partial charge >= 0.3 is 11.8 Å². The molecule has 0 unspecified atom stereocenters. The third-order valence-corrected chi connectivity index (χ3v) is 5.32. The summed E-state index contributed by atoms with van der Waals surface area (Å²) in [7, 11) is 0. The standard InChI is InChI=1S/C23H24N4O4/c1-4-30-19-8-6-5-7-18(19)27-12-11-26(22(28)23(27)29)14-20-24-21(25-31-20)17-10-9-15(2)16(3)13-17/h5-10,13H,4,11-12,14H2,1-3H3. The van der Waals surface area contributed by atoms with E-state index in [0.717, 1.165) is 11.1 Å². The van der Waals surface area contributed by atoms with Crippen LogP contribution in [0.25, 0.3) is 11.4 Å². The molecule has 3 aromatic rings. The quantitative estimate of drug-likeness (QED) is 0.569. The molecule has 2 amide bonds. The van der Waals surface area contributed by atoms with Gasteiger partial charge in [-0.05, 0) is 50.1 Å². The van der Waals surface area contributed by atoms with Gasteiger partial charge in [-0.3, -0.25) is 14.5 Å². The van der Waals surface area contributed by atoms with E-state index in [2.05, 4.69) is 10.1 Å². The number of amides is 2. The molecular formula is C23H24N4O4. The van der Waals surface area contributed by atoms with Crippen molar-refractivity contribution in [2.75, 3.05) is 24.6 Å². The van der Waals surface area contributed by atoms with Gasteiger partial charge in [-0.25, -0.2) is 0 Å². The highest BCUT2D eigenvalue weighted by Gasteiger charge is 2.35. The first-order valence-electron chi connectivity index (χ1n) is 10.2. The molecule has 8 heteroatoms. The van der Waals surface area contributed by atoms with Gasteiger partial charge in [-0.1, -0.05) is 29.4 Å². The van der Waals surface area contributed by atoms with Crippen LogP contribution in [0.2, 0.25) is 0 Å². The number of carbonyl (C=O) groups is 2. The average molecular weight is 420 g/mol. The van der Waals surface area contributed by atoms with Gasteiger partial charge < -0.3 is 14.2 Å². The van der Waals surface area contributed by atoms with Crippen LogP contribution < -0.4 is 9.64 Å². The number of anilines is 1. The van der Waals surface area contributed by atoms with Crippen molar-refractivity contribution < 1.29 is 18.8 Å². The second kappa shape index (κ2) is 8.59. The molecule has 0 aliphatic carbocycles. The summed E-state index contributed by atoms with van der Waals surface area (Å²) in [5.41, 5.74) is 3.75. The van der Waals surface area contributed by atoms with E-state index in [0.29, 0.717) is 37.0 Å². The van der Waals surface area contributed by atoms with E-state index in [-0.39, 0.29) is 12.4 Å². The number of carbonyl (C=O) groups excluding carboxylic acids is 2. The summed E-state index contributed by atoms with van der Waals surface area (Å²) < 4.78 is 10.9. The Morgan fingerprint density at radius 2 is 1.84 bits per heavy atom. The SMILES string of the molecule is CCOc1ccccc1N1CCN(Cc2nc(-c3ccc(C)c(C)c3)no2)C(=O)C1=O. The number of nitrogens with zero attached hydrogens (tertiary/aromatic N) is 4. The molecule has 0 saturated carbocycles. The topological polar surface area (TPSA) is 88.8 Å². The predicted octanol–water partition coefficient (Wildman–Crippen LogP) is 3.13. The Morgan fingerprint density at radius 3 is 2.61 bits per heavy atom. The fourth-order valence-electron chi connectivity index (χ4n) is 3.49. The third-order valence-electron chi connectivity index (χ3n) is 5.32. The van der Waals surface area contributed by atoms with Crippen LogP contribution in [-0.2, 0) is 16.1 Å². The normalized spacial score (nSPS) is 14.3. The van der Waals surface area contributed by atoms with Crippen molar-refractivity contribution in [1.29, 1.82) is 0 Å². The van der Waals surface area contributed by atoms with Gasteiger partial charge in [-0.2, -0.15) is 4.98 Å². The molecule has 2 aromatic carbocycles. The number of hydrogen-bond donors (Lipinski definition) is 0. The number of hydrogen-bond acceptors (Lipinski definition) is 6. The van der Waals surface area contributed by atoms with E-state index < -0.39 is 11.8 Å². The molecule has 1 saturated heterocycles. The summed E-state index contributed by atoms with van der Waals surface area (Å²) in [6.07, 6.45) is 0. The first-order chi connectivity index (χ1) is 15.0. The molecular weight excluding hydrogens is 396 g/mol. The fraction of sp³-hybridized carbons (Fsp3) is 0.304. The fourth-order valence-corrected chi connectivity index (χ4v) is 3.49. The molecule has 0 spiro atoms. The highest BCUT2D eigenvalue weighted by molar-refractivity contribution is 6.41. The van der Waals surface area contributed by atoms with Crippen molar-refractivity contribution in [1.82, 2.24) is 15.0 Å². The van der Waals surface area contributed by atoms with Crippen molar-refractivity contribution in [2.45, 2.75) is 27.3 Å². The maximum Gasteiger partial charge on any atom is 0.316 e. The zero-order valence-corrected chi connectivity index (χ0v) is 17.8. The molecule has 1 aromatic heterocycles. The summed E-state index contributed by atoms with van der Waals surface area (Å²) in [6.45, 7) is 7.20. The van der Waals surface area contributed by atoms with Crippen molar-refractivity contribution in [2.24, 2.45) is 0 Å². The number of para-hydroxylation sites is 2. The first-order valence-corrected chi connectivity index (χ1v) is 10.2. The first kappa shape index (κ1) is 20.6.